The molecule has 0 aliphatic heterocycles. The van der Waals surface area contributed by atoms with E-state index in [1.807, 2.05) is 0 Å². The Hall–Kier alpha value is -0.600. The average molecular weight is 331 g/mol. The van der Waals surface area contributed by atoms with Crippen molar-refractivity contribution in [3.05, 3.63) is 23.3 Å². The van der Waals surface area contributed by atoms with Crippen LogP contribution in [0.2, 0.25) is 0 Å². The minimum absolute atomic E-state index is 0.154. The van der Waals surface area contributed by atoms with Crippen molar-refractivity contribution in [1.29, 1.82) is 0 Å². The Morgan fingerprint density at radius 2 is 2.00 bits per heavy atom. The second kappa shape index (κ2) is 6.61. The highest BCUT2D eigenvalue weighted by Gasteiger charge is 2.54. The molecular formula is C22H38N2. The molecule has 0 heterocycles. The molecule has 3 aliphatic carbocycles. The van der Waals surface area contributed by atoms with Gasteiger partial charge in [0, 0.05) is 12.6 Å². The van der Waals surface area contributed by atoms with E-state index in [4.69, 9.17) is 11.5 Å². The van der Waals surface area contributed by atoms with Crippen LogP contribution in [0.3, 0.4) is 0 Å². The van der Waals surface area contributed by atoms with Crippen LogP contribution in [0.25, 0.3) is 0 Å². The van der Waals surface area contributed by atoms with Crippen LogP contribution < -0.4 is 11.5 Å². The van der Waals surface area contributed by atoms with Gasteiger partial charge in [-0.1, -0.05) is 51.8 Å². The highest BCUT2D eigenvalue weighted by atomic mass is 14.7. The quantitative estimate of drug-likeness (QED) is 0.778. The van der Waals surface area contributed by atoms with Crippen LogP contribution >= 0.6 is 0 Å². The Labute approximate surface area is 149 Å². The minimum atomic E-state index is 0.154. The summed E-state index contributed by atoms with van der Waals surface area (Å²) in [5, 5.41) is 0. The monoisotopic (exact) mass is 330 g/mol. The first-order valence-corrected chi connectivity index (χ1v) is 10.2. The van der Waals surface area contributed by atoms with Crippen molar-refractivity contribution in [2.24, 2.45) is 40.1 Å². The van der Waals surface area contributed by atoms with Gasteiger partial charge in [-0.25, -0.2) is 0 Å². The van der Waals surface area contributed by atoms with Gasteiger partial charge in [-0.05, 0) is 72.7 Å². The Balaban J connectivity index is 1.91. The Kier molecular flexibility index (Phi) is 5.01. The number of rotatable bonds is 4. The smallest absolute Gasteiger partial charge is 0.0168 e. The van der Waals surface area contributed by atoms with Gasteiger partial charge in [0.2, 0.25) is 0 Å². The molecule has 4 N–H and O–H groups in total. The Morgan fingerprint density at radius 1 is 1.25 bits per heavy atom. The second-order valence-electron chi connectivity index (χ2n) is 9.67. The zero-order valence-corrected chi connectivity index (χ0v) is 16.3. The molecule has 0 saturated heterocycles. The summed E-state index contributed by atoms with van der Waals surface area (Å²) < 4.78 is 0. The van der Waals surface area contributed by atoms with Gasteiger partial charge in [0.25, 0.3) is 0 Å². The summed E-state index contributed by atoms with van der Waals surface area (Å²) in [5.41, 5.74) is 16.3. The fraction of sp³-hybridized carbons (Fsp3) is 0.818. The number of nitrogens with two attached hydrogens (primary N) is 2. The van der Waals surface area contributed by atoms with Gasteiger partial charge < -0.3 is 11.5 Å². The van der Waals surface area contributed by atoms with Crippen molar-refractivity contribution >= 4 is 0 Å². The van der Waals surface area contributed by atoms with E-state index in [2.05, 4.69) is 39.8 Å². The molecule has 0 amide bonds. The summed E-state index contributed by atoms with van der Waals surface area (Å²) in [7, 11) is 0. The van der Waals surface area contributed by atoms with E-state index >= 15 is 0 Å². The van der Waals surface area contributed by atoms with Crippen LogP contribution in [-0.2, 0) is 0 Å². The molecule has 0 spiro atoms. The highest BCUT2D eigenvalue weighted by molar-refractivity contribution is 5.35. The molecule has 2 nitrogen and oxygen atoms in total. The first-order valence-electron chi connectivity index (χ1n) is 10.2. The van der Waals surface area contributed by atoms with E-state index in [-0.39, 0.29) is 6.04 Å². The predicted octanol–water partition coefficient (Wildman–Crippen LogP) is 4.80. The minimum Gasteiger partial charge on any atom is -0.329 e. The molecule has 136 valence electrons. The van der Waals surface area contributed by atoms with Crippen molar-refractivity contribution < 1.29 is 0 Å². The van der Waals surface area contributed by atoms with Crippen LogP contribution in [-0.4, -0.2) is 12.6 Å². The molecule has 2 heteroatoms. The van der Waals surface area contributed by atoms with E-state index in [0.29, 0.717) is 23.3 Å². The molecule has 3 rings (SSSR count). The van der Waals surface area contributed by atoms with Gasteiger partial charge >= 0.3 is 0 Å². The first-order chi connectivity index (χ1) is 11.3. The van der Waals surface area contributed by atoms with E-state index < -0.39 is 0 Å². The second-order valence-corrected chi connectivity index (χ2v) is 9.67. The van der Waals surface area contributed by atoms with Gasteiger partial charge in [-0.3, -0.25) is 0 Å². The van der Waals surface area contributed by atoms with Crippen molar-refractivity contribution in [2.75, 3.05) is 6.54 Å². The molecule has 1 fully saturated rings. The van der Waals surface area contributed by atoms with E-state index in [0.717, 1.165) is 18.3 Å². The van der Waals surface area contributed by atoms with Gasteiger partial charge in [0.05, 0.1) is 0 Å². The zero-order valence-electron chi connectivity index (χ0n) is 16.3. The van der Waals surface area contributed by atoms with Crippen molar-refractivity contribution in [3.8, 4) is 0 Å². The SMILES string of the molecule is CC(C)C1=CC2=CCC3[C@@](C)(CC(N)CN)CCC[C@]3(C)[C@@H]2CC1. The van der Waals surface area contributed by atoms with Gasteiger partial charge in [-0.15, -0.1) is 0 Å². The first kappa shape index (κ1) is 18.2. The number of hydrogen-bond donors (Lipinski definition) is 2. The maximum Gasteiger partial charge on any atom is 0.0168 e. The van der Waals surface area contributed by atoms with Crippen molar-refractivity contribution in [1.82, 2.24) is 0 Å². The largest absolute Gasteiger partial charge is 0.329 e. The van der Waals surface area contributed by atoms with E-state index in [9.17, 15) is 0 Å². The fourth-order valence-corrected chi connectivity index (χ4v) is 6.40. The molecular weight excluding hydrogens is 292 g/mol. The molecule has 0 radical (unpaired) electrons. The maximum absolute atomic E-state index is 6.29. The molecule has 0 aromatic heterocycles. The molecule has 3 aliphatic rings. The lowest BCUT2D eigenvalue weighted by molar-refractivity contribution is -0.0554. The normalized spacial score (nSPS) is 40.5. The predicted molar refractivity (Wildman–Crippen MR) is 104 cm³/mol. The third-order valence-electron chi connectivity index (χ3n) is 7.73. The van der Waals surface area contributed by atoms with E-state index in [1.165, 1.54) is 38.5 Å². The van der Waals surface area contributed by atoms with Gasteiger partial charge in [-0.2, -0.15) is 0 Å². The van der Waals surface area contributed by atoms with Crippen LogP contribution in [0.15, 0.2) is 23.3 Å². The van der Waals surface area contributed by atoms with Gasteiger partial charge in [0.15, 0.2) is 0 Å². The molecule has 5 atom stereocenters. The molecule has 24 heavy (non-hydrogen) atoms. The van der Waals surface area contributed by atoms with Crippen molar-refractivity contribution in [3.63, 3.8) is 0 Å². The van der Waals surface area contributed by atoms with Crippen LogP contribution in [0.5, 0.6) is 0 Å². The number of allylic oxidation sites excluding steroid dienone is 4. The lowest BCUT2D eigenvalue weighted by Crippen LogP contribution is -2.52. The van der Waals surface area contributed by atoms with Crippen molar-refractivity contribution in [2.45, 2.75) is 78.7 Å². The number of hydrogen-bond acceptors (Lipinski definition) is 2. The summed E-state index contributed by atoms with van der Waals surface area (Å²) in [6.45, 7) is 10.4. The maximum atomic E-state index is 6.29. The lowest BCUT2D eigenvalue weighted by Gasteiger charge is -2.59. The van der Waals surface area contributed by atoms with Gasteiger partial charge in [0.1, 0.15) is 0 Å². The molecule has 0 bridgehead atoms. The summed E-state index contributed by atoms with van der Waals surface area (Å²) >= 11 is 0. The Bertz CT molecular complexity index is 532. The zero-order chi connectivity index (χ0) is 17.5. The fourth-order valence-electron chi connectivity index (χ4n) is 6.40. The molecule has 2 unspecified atom stereocenters. The molecule has 1 saturated carbocycles. The van der Waals surface area contributed by atoms with Crippen LogP contribution in [0.1, 0.15) is 72.6 Å². The standard InChI is InChI=1S/C22H38N2/c1-15(2)16-6-8-19-17(12-16)7-9-20-21(3,13-18(24)14-23)10-5-11-22(19,20)4/h7,12,15,18-20H,5-6,8-11,13-14,23-24H2,1-4H3/t18?,19-,20?,21-,22-/m1/s1. The summed E-state index contributed by atoms with van der Waals surface area (Å²) in [4.78, 5) is 0. The third kappa shape index (κ3) is 3.01. The van der Waals surface area contributed by atoms with Crippen LogP contribution in [0.4, 0.5) is 0 Å². The lowest BCUT2D eigenvalue weighted by atomic mass is 9.46. The summed E-state index contributed by atoms with van der Waals surface area (Å²) in [5.74, 6) is 2.21. The summed E-state index contributed by atoms with van der Waals surface area (Å²) in [6.07, 6.45) is 14.2. The third-order valence-corrected chi connectivity index (χ3v) is 7.73. The Morgan fingerprint density at radius 3 is 2.67 bits per heavy atom. The number of fused-ring (bicyclic) bond motifs is 3. The van der Waals surface area contributed by atoms with E-state index in [1.54, 1.807) is 11.1 Å². The highest BCUT2D eigenvalue weighted by Crippen LogP contribution is 2.63. The average Bonchev–Trinajstić information content (AvgIpc) is 2.53. The molecule has 0 aromatic carbocycles. The topological polar surface area (TPSA) is 52.0 Å². The molecule has 0 aromatic rings. The van der Waals surface area contributed by atoms with Crippen LogP contribution in [0, 0.1) is 28.6 Å². The summed E-state index contributed by atoms with van der Waals surface area (Å²) in [6, 6.07) is 0.154.